The molecule has 0 N–H and O–H groups in total. The van der Waals surface area contributed by atoms with E-state index in [1.54, 1.807) is 26.4 Å². The third-order valence-electron chi connectivity index (χ3n) is 3.57. The number of hydrogen-bond donors (Lipinski definition) is 0. The third kappa shape index (κ3) is 4.27. The largest absolute Gasteiger partial charge is 0.496 e. The van der Waals surface area contributed by atoms with Gasteiger partial charge in [0.1, 0.15) is 22.8 Å². The van der Waals surface area contributed by atoms with Crippen LogP contribution in [-0.2, 0) is 0 Å². The highest BCUT2D eigenvalue weighted by Gasteiger charge is 2.19. The van der Waals surface area contributed by atoms with Crippen molar-refractivity contribution >= 4 is 19.4 Å². The summed E-state index contributed by atoms with van der Waals surface area (Å²) >= 11 is 0. The number of hydrogen-bond acceptors (Lipinski definition) is 4. The fraction of sp³-hybridized carbons (Fsp3) is 0.316. The number of carbonyl (C=O) groups is 1. The first kappa shape index (κ1) is 18.3. The predicted octanol–water partition coefficient (Wildman–Crippen LogP) is 3.95. The highest BCUT2D eigenvalue weighted by Crippen LogP contribution is 2.34. The predicted molar refractivity (Wildman–Crippen MR) is 98.8 cm³/mol. The first-order valence-electron chi connectivity index (χ1n) is 7.86. The molecule has 0 saturated carbocycles. The molecule has 0 radical (unpaired) electrons. The molecule has 0 fully saturated rings. The van der Waals surface area contributed by atoms with Gasteiger partial charge >= 0.3 is 0 Å². The van der Waals surface area contributed by atoms with E-state index in [-0.39, 0.29) is 14.1 Å². The van der Waals surface area contributed by atoms with E-state index in [1.165, 1.54) is 0 Å². The van der Waals surface area contributed by atoms with Gasteiger partial charge in [-0.15, -0.1) is 0 Å². The smallest absolute Gasteiger partial charge is 0.193 e. The molecule has 0 spiro atoms. The average Bonchev–Trinajstić information content (AvgIpc) is 2.61. The van der Waals surface area contributed by atoms with Crippen LogP contribution in [0.4, 0.5) is 0 Å². The average molecular weight is 346 g/mol. The van der Waals surface area contributed by atoms with Crippen molar-refractivity contribution in [3.8, 4) is 17.2 Å². The maximum atomic E-state index is 12.8. The SMILES string of the molecule is CCCOc1ccc(PC(=O)c2c(OC)cccc2OC)c(C)c1. The quantitative estimate of drug-likeness (QED) is 0.679. The van der Waals surface area contributed by atoms with Crippen molar-refractivity contribution in [2.45, 2.75) is 20.3 Å². The second-order valence-electron chi connectivity index (χ2n) is 5.32. The van der Waals surface area contributed by atoms with Crippen molar-refractivity contribution < 1.29 is 19.0 Å². The van der Waals surface area contributed by atoms with Crippen LogP contribution >= 0.6 is 8.58 Å². The van der Waals surface area contributed by atoms with E-state index in [0.29, 0.717) is 23.7 Å². The molecule has 0 aromatic heterocycles. The first-order valence-corrected chi connectivity index (χ1v) is 8.86. The Morgan fingerprint density at radius 1 is 1.08 bits per heavy atom. The minimum atomic E-state index is -0.00498. The molecule has 5 heteroatoms. The van der Waals surface area contributed by atoms with E-state index in [9.17, 15) is 4.79 Å². The van der Waals surface area contributed by atoms with Crippen molar-refractivity contribution in [3.63, 3.8) is 0 Å². The van der Waals surface area contributed by atoms with Crippen molar-refractivity contribution in [2.24, 2.45) is 0 Å². The van der Waals surface area contributed by atoms with Crippen LogP contribution in [0.5, 0.6) is 17.2 Å². The highest BCUT2D eigenvalue weighted by molar-refractivity contribution is 7.66. The number of aryl methyl sites for hydroxylation is 1. The standard InChI is InChI=1S/C19H23O4P/c1-5-11-23-14-9-10-17(13(2)12-14)24-19(20)18-15(21-3)7-6-8-16(18)22-4/h6-10,12,24H,5,11H2,1-4H3. The Bertz CT molecular complexity index is 690. The number of benzene rings is 2. The minimum Gasteiger partial charge on any atom is -0.496 e. The van der Waals surface area contributed by atoms with E-state index in [0.717, 1.165) is 23.0 Å². The Labute approximate surface area is 144 Å². The van der Waals surface area contributed by atoms with Gasteiger partial charge < -0.3 is 14.2 Å². The van der Waals surface area contributed by atoms with Gasteiger partial charge in [0.15, 0.2) is 5.52 Å². The topological polar surface area (TPSA) is 44.8 Å². The van der Waals surface area contributed by atoms with Crippen molar-refractivity contribution in [1.29, 1.82) is 0 Å². The van der Waals surface area contributed by atoms with Crippen molar-refractivity contribution in [3.05, 3.63) is 47.5 Å². The van der Waals surface area contributed by atoms with E-state index >= 15 is 0 Å². The zero-order chi connectivity index (χ0) is 17.5. The van der Waals surface area contributed by atoms with Gasteiger partial charge in [0.2, 0.25) is 0 Å². The van der Waals surface area contributed by atoms with Crippen LogP contribution in [0.15, 0.2) is 36.4 Å². The monoisotopic (exact) mass is 346 g/mol. The number of methoxy groups -OCH3 is 2. The Balaban J connectivity index is 2.24. The summed E-state index contributed by atoms with van der Waals surface area (Å²) in [5.41, 5.74) is 1.53. The zero-order valence-electron chi connectivity index (χ0n) is 14.5. The lowest BCUT2D eigenvalue weighted by Gasteiger charge is -2.13. The summed E-state index contributed by atoms with van der Waals surface area (Å²) < 4.78 is 16.3. The minimum absolute atomic E-state index is 0.00240. The maximum absolute atomic E-state index is 12.8. The highest BCUT2D eigenvalue weighted by atomic mass is 31.1. The summed E-state index contributed by atoms with van der Waals surface area (Å²) in [6.45, 7) is 4.76. The lowest BCUT2D eigenvalue weighted by molar-refractivity contribution is 0.108. The van der Waals surface area contributed by atoms with Gasteiger partial charge in [-0.1, -0.05) is 19.1 Å². The summed E-state index contributed by atoms with van der Waals surface area (Å²) in [4.78, 5) is 12.8. The van der Waals surface area contributed by atoms with Gasteiger partial charge in [0, 0.05) is 0 Å². The van der Waals surface area contributed by atoms with Crippen molar-refractivity contribution in [1.82, 2.24) is 0 Å². The van der Waals surface area contributed by atoms with Gasteiger partial charge in [-0.3, -0.25) is 4.79 Å². The van der Waals surface area contributed by atoms with Crippen LogP contribution < -0.4 is 19.5 Å². The Morgan fingerprint density at radius 2 is 1.75 bits per heavy atom. The van der Waals surface area contributed by atoms with Gasteiger partial charge in [-0.2, -0.15) is 0 Å². The van der Waals surface area contributed by atoms with Gasteiger partial charge in [-0.05, 0) is 57.1 Å². The molecule has 4 nitrogen and oxygen atoms in total. The molecule has 0 heterocycles. The fourth-order valence-electron chi connectivity index (χ4n) is 2.35. The van der Waals surface area contributed by atoms with Crippen LogP contribution in [-0.4, -0.2) is 26.4 Å². The Morgan fingerprint density at radius 3 is 2.29 bits per heavy atom. The first-order chi connectivity index (χ1) is 11.6. The molecule has 1 unspecified atom stereocenters. The second kappa shape index (κ2) is 8.70. The summed E-state index contributed by atoms with van der Waals surface area (Å²) in [5, 5.41) is 0.997. The van der Waals surface area contributed by atoms with Crippen LogP contribution in [0, 0.1) is 6.92 Å². The Kier molecular flexibility index (Phi) is 6.62. The summed E-state index contributed by atoms with van der Waals surface area (Å²) in [7, 11) is 3.11. The molecule has 0 saturated heterocycles. The molecular formula is C19H23O4P. The van der Waals surface area contributed by atoms with Crippen LogP contribution in [0.1, 0.15) is 29.3 Å². The molecule has 24 heavy (non-hydrogen) atoms. The molecule has 0 aliphatic rings. The second-order valence-corrected chi connectivity index (χ2v) is 6.56. The van der Waals surface area contributed by atoms with Gasteiger partial charge in [0.05, 0.1) is 20.8 Å². The fourth-order valence-corrected chi connectivity index (χ4v) is 3.40. The van der Waals surface area contributed by atoms with E-state index in [2.05, 4.69) is 6.92 Å². The van der Waals surface area contributed by atoms with E-state index in [1.807, 2.05) is 31.2 Å². The van der Waals surface area contributed by atoms with Crippen LogP contribution in [0.25, 0.3) is 0 Å². The molecule has 0 bridgehead atoms. The maximum Gasteiger partial charge on any atom is 0.193 e. The molecule has 0 aliphatic carbocycles. The lowest BCUT2D eigenvalue weighted by Crippen LogP contribution is -2.08. The molecule has 2 aromatic rings. The molecule has 1 atom stereocenters. The molecular weight excluding hydrogens is 323 g/mol. The Hall–Kier alpha value is -2.06. The normalized spacial score (nSPS) is 10.8. The van der Waals surface area contributed by atoms with Crippen LogP contribution in [0.3, 0.4) is 0 Å². The van der Waals surface area contributed by atoms with Crippen LogP contribution in [0.2, 0.25) is 0 Å². The zero-order valence-corrected chi connectivity index (χ0v) is 15.5. The lowest BCUT2D eigenvalue weighted by atomic mass is 10.2. The number of carbonyl (C=O) groups excluding carboxylic acids is 1. The molecule has 2 rings (SSSR count). The van der Waals surface area contributed by atoms with Gasteiger partial charge in [0.25, 0.3) is 0 Å². The molecule has 0 aliphatic heterocycles. The molecule has 0 amide bonds. The summed E-state index contributed by atoms with van der Waals surface area (Å²) in [6.07, 6.45) is 0.967. The summed E-state index contributed by atoms with van der Waals surface area (Å²) in [6, 6.07) is 11.2. The summed E-state index contributed by atoms with van der Waals surface area (Å²) in [5.74, 6) is 1.91. The van der Waals surface area contributed by atoms with Crippen molar-refractivity contribution in [2.75, 3.05) is 20.8 Å². The van der Waals surface area contributed by atoms with Gasteiger partial charge in [-0.25, -0.2) is 0 Å². The van der Waals surface area contributed by atoms with E-state index < -0.39 is 0 Å². The third-order valence-corrected chi connectivity index (χ3v) is 4.88. The van der Waals surface area contributed by atoms with E-state index in [4.69, 9.17) is 14.2 Å². The molecule has 128 valence electrons. The molecule has 2 aromatic carbocycles. The number of rotatable bonds is 8. The number of ether oxygens (including phenoxy) is 3.